The van der Waals surface area contributed by atoms with Gasteiger partial charge in [-0.2, -0.15) is 5.10 Å². The number of carbonyl (C=O) groups excluding carboxylic acids is 1. The number of imidazole rings is 1. The SMILES string of the molecule is Cc1cc(C)n(C(=O)CN2CCN(c3ccccc3-c3nc4cnccc4[nH]3)CC2)n1. The number of aromatic amines is 1. The van der Waals surface area contributed by atoms with E-state index in [0.717, 1.165) is 65.7 Å². The molecular formula is C23H25N7O. The second-order valence-electron chi connectivity index (χ2n) is 7.99. The number of para-hydroxylation sites is 1. The van der Waals surface area contributed by atoms with E-state index in [2.05, 4.69) is 43.1 Å². The number of piperazine rings is 1. The topological polar surface area (TPSA) is 82.9 Å². The summed E-state index contributed by atoms with van der Waals surface area (Å²) in [7, 11) is 0. The average Bonchev–Trinajstić information content (AvgIpc) is 3.36. The van der Waals surface area contributed by atoms with E-state index in [4.69, 9.17) is 4.98 Å². The fourth-order valence-corrected chi connectivity index (χ4v) is 4.22. The summed E-state index contributed by atoms with van der Waals surface area (Å²) < 4.78 is 1.52. The Bertz CT molecular complexity index is 1200. The van der Waals surface area contributed by atoms with E-state index < -0.39 is 0 Å². The van der Waals surface area contributed by atoms with Gasteiger partial charge in [-0.15, -0.1) is 0 Å². The molecule has 1 aromatic carbocycles. The van der Waals surface area contributed by atoms with Gasteiger partial charge in [0.25, 0.3) is 5.91 Å². The van der Waals surface area contributed by atoms with Gasteiger partial charge in [0, 0.05) is 49.3 Å². The summed E-state index contributed by atoms with van der Waals surface area (Å²) in [5.41, 5.74) is 5.82. The Kier molecular flexibility index (Phi) is 4.99. The van der Waals surface area contributed by atoms with Crippen molar-refractivity contribution in [2.45, 2.75) is 13.8 Å². The lowest BCUT2D eigenvalue weighted by molar-refractivity contribution is 0.0824. The van der Waals surface area contributed by atoms with E-state index >= 15 is 0 Å². The maximum absolute atomic E-state index is 12.7. The van der Waals surface area contributed by atoms with Crippen molar-refractivity contribution in [1.82, 2.24) is 29.6 Å². The number of hydrogen-bond donors (Lipinski definition) is 1. The highest BCUT2D eigenvalue weighted by atomic mass is 16.2. The minimum Gasteiger partial charge on any atom is -0.368 e. The molecule has 4 aromatic rings. The highest BCUT2D eigenvalue weighted by Crippen LogP contribution is 2.30. The first-order valence-corrected chi connectivity index (χ1v) is 10.5. The van der Waals surface area contributed by atoms with Gasteiger partial charge in [0.15, 0.2) is 0 Å². The number of anilines is 1. The molecule has 3 aromatic heterocycles. The van der Waals surface area contributed by atoms with Crippen molar-refractivity contribution in [2.75, 3.05) is 37.6 Å². The molecule has 0 amide bonds. The first-order chi connectivity index (χ1) is 15.1. The van der Waals surface area contributed by atoms with Crippen LogP contribution in [0.25, 0.3) is 22.4 Å². The molecular weight excluding hydrogens is 390 g/mol. The van der Waals surface area contributed by atoms with E-state index in [1.807, 2.05) is 32.0 Å². The highest BCUT2D eigenvalue weighted by molar-refractivity contribution is 5.83. The van der Waals surface area contributed by atoms with Crippen molar-refractivity contribution in [3.05, 3.63) is 60.2 Å². The Balaban J connectivity index is 1.30. The molecule has 5 rings (SSSR count). The van der Waals surface area contributed by atoms with Crippen molar-refractivity contribution in [1.29, 1.82) is 0 Å². The molecule has 0 aliphatic carbocycles. The van der Waals surface area contributed by atoms with Crippen LogP contribution in [-0.2, 0) is 0 Å². The van der Waals surface area contributed by atoms with Crippen LogP contribution in [0.3, 0.4) is 0 Å². The van der Waals surface area contributed by atoms with E-state index in [1.165, 1.54) is 4.68 Å². The van der Waals surface area contributed by atoms with Gasteiger partial charge in [-0.3, -0.25) is 14.7 Å². The molecule has 0 spiro atoms. The number of fused-ring (bicyclic) bond motifs is 1. The van der Waals surface area contributed by atoms with Gasteiger partial charge < -0.3 is 9.88 Å². The number of nitrogens with one attached hydrogen (secondary N) is 1. The van der Waals surface area contributed by atoms with Crippen molar-refractivity contribution in [3.63, 3.8) is 0 Å². The van der Waals surface area contributed by atoms with Crippen LogP contribution in [0.15, 0.2) is 48.8 Å². The zero-order valence-electron chi connectivity index (χ0n) is 17.7. The van der Waals surface area contributed by atoms with Crippen molar-refractivity contribution in [2.24, 2.45) is 0 Å². The second kappa shape index (κ2) is 7.96. The number of carbonyl (C=O) groups is 1. The fourth-order valence-electron chi connectivity index (χ4n) is 4.22. The van der Waals surface area contributed by atoms with Gasteiger partial charge in [0.2, 0.25) is 0 Å². The zero-order chi connectivity index (χ0) is 21.4. The number of aryl methyl sites for hydroxylation is 2. The molecule has 0 atom stereocenters. The van der Waals surface area contributed by atoms with Crippen LogP contribution in [0.1, 0.15) is 16.2 Å². The molecule has 1 aliphatic rings. The number of pyridine rings is 1. The smallest absolute Gasteiger partial charge is 0.261 e. The van der Waals surface area contributed by atoms with E-state index in [-0.39, 0.29) is 5.91 Å². The minimum absolute atomic E-state index is 0.0235. The Hall–Kier alpha value is -3.52. The minimum atomic E-state index is 0.0235. The summed E-state index contributed by atoms with van der Waals surface area (Å²) in [6, 6.07) is 12.2. The summed E-state index contributed by atoms with van der Waals surface area (Å²) in [6.07, 6.45) is 3.54. The second-order valence-corrected chi connectivity index (χ2v) is 7.99. The third-order valence-corrected chi connectivity index (χ3v) is 5.76. The number of aromatic nitrogens is 5. The maximum atomic E-state index is 12.7. The van der Waals surface area contributed by atoms with Crippen LogP contribution in [0.2, 0.25) is 0 Å². The quantitative estimate of drug-likeness (QED) is 0.552. The van der Waals surface area contributed by atoms with E-state index in [0.29, 0.717) is 6.54 Å². The number of benzene rings is 1. The molecule has 158 valence electrons. The lowest BCUT2D eigenvalue weighted by atomic mass is 10.1. The van der Waals surface area contributed by atoms with E-state index in [1.54, 1.807) is 12.4 Å². The van der Waals surface area contributed by atoms with Gasteiger partial charge in [0.1, 0.15) is 11.3 Å². The standard InChI is InChI=1S/C23H25N7O/c1-16-13-17(2)30(27-16)22(31)15-28-9-11-29(12-10-28)21-6-4-3-5-18(21)23-25-19-7-8-24-14-20(19)26-23/h3-8,13-14H,9-12,15H2,1-2H3,(H,25,26). The first-order valence-electron chi connectivity index (χ1n) is 10.5. The molecule has 8 nitrogen and oxygen atoms in total. The monoisotopic (exact) mass is 415 g/mol. The molecule has 1 aliphatic heterocycles. The highest BCUT2D eigenvalue weighted by Gasteiger charge is 2.23. The van der Waals surface area contributed by atoms with E-state index in [9.17, 15) is 4.79 Å². The molecule has 0 bridgehead atoms. The van der Waals surface area contributed by atoms with Crippen LogP contribution in [0, 0.1) is 13.8 Å². The fraction of sp³-hybridized carbons (Fsp3) is 0.304. The van der Waals surface area contributed by atoms with Crippen LogP contribution in [0.4, 0.5) is 5.69 Å². The Morgan fingerprint density at radius 1 is 1.10 bits per heavy atom. The molecule has 1 saturated heterocycles. The molecule has 8 heteroatoms. The molecule has 4 heterocycles. The van der Waals surface area contributed by atoms with Gasteiger partial charge in [-0.05, 0) is 38.1 Å². The normalized spacial score (nSPS) is 15.0. The summed E-state index contributed by atoms with van der Waals surface area (Å²) in [4.78, 5) is 29.5. The van der Waals surface area contributed by atoms with Crippen LogP contribution < -0.4 is 4.90 Å². The van der Waals surface area contributed by atoms with Crippen LogP contribution in [-0.4, -0.2) is 68.3 Å². The lowest BCUT2D eigenvalue weighted by Crippen LogP contribution is -2.48. The van der Waals surface area contributed by atoms with Crippen molar-refractivity contribution >= 4 is 22.6 Å². The van der Waals surface area contributed by atoms with Gasteiger partial charge in [0.05, 0.1) is 24.0 Å². The van der Waals surface area contributed by atoms with Crippen LogP contribution in [0.5, 0.6) is 0 Å². The third kappa shape index (κ3) is 3.82. The Labute approximate surface area is 180 Å². The Morgan fingerprint density at radius 2 is 1.90 bits per heavy atom. The summed E-state index contributed by atoms with van der Waals surface area (Å²) in [6.45, 7) is 7.56. The van der Waals surface area contributed by atoms with Gasteiger partial charge in [-0.25, -0.2) is 9.67 Å². The summed E-state index contributed by atoms with van der Waals surface area (Å²) in [5.74, 6) is 0.871. The molecule has 1 fully saturated rings. The molecule has 0 saturated carbocycles. The largest absolute Gasteiger partial charge is 0.368 e. The molecule has 0 unspecified atom stereocenters. The first kappa shape index (κ1) is 19.4. The van der Waals surface area contributed by atoms with Crippen LogP contribution >= 0.6 is 0 Å². The molecule has 1 N–H and O–H groups in total. The summed E-state index contributed by atoms with van der Waals surface area (Å²) in [5, 5.41) is 4.32. The predicted molar refractivity (Wildman–Crippen MR) is 120 cm³/mol. The summed E-state index contributed by atoms with van der Waals surface area (Å²) >= 11 is 0. The Morgan fingerprint density at radius 3 is 2.65 bits per heavy atom. The van der Waals surface area contributed by atoms with Crippen molar-refractivity contribution < 1.29 is 4.79 Å². The average molecular weight is 416 g/mol. The number of rotatable bonds is 4. The zero-order valence-corrected chi connectivity index (χ0v) is 17.7. The maximum Gasteiger partial charge on any atom is 0.261 e. The van der Waals surface area contributed by atoms with Gasteiger partial charge >= 0.3 is 0 Å². The number of hydrogen-bond acceptors (Lipinski definition) is 6. The third-order valence-electron chi connectivity index (χ3n) is 5.76. The molecule has 0 radical (unpaired) electrons. The van der Waals surface area contributed by atoms with Gasteiger partial charge in [-0.1, -0.05) is 12.1 Å². The van der Waals surface area contributed by atoms with Crippen molar-refractivity contribution in [3.8, 4) is 11.4 Å². The number of nitrogens with zero attached hydrogens (tertiary/aromatic N) is 6. The predicted octanol–water partition coefficient (Wildman–Crippen LogP) is 2.90. The lowest BCUT2D eigenvalue weighted by Gasteiger charge is -2.36. The number of H-pyrrole nitrogens is 1. The molecule has 31 heavy (non-hydrogen) atoms.